The number of amides is 3. The van der Waals surface area contributed by atoms with Crippen molar-refractivity contribution in [2.75, 3.05) is 12.1 Å². The Bertz CT molecular complexity index is 1460. The van der Waals surface area contributed by atoms with Crippen LogP contribution in [0.2, 0.25) is 0 Å². The lowest BCUT2D eigenvalue weighted by atomic mass is 10.1. The summed E-state index contributed by atoms with van der Waals surface area (Å²) in [4.78, 5) is 37.1. The molecule has 0 fully saturated rings. The summed E-state index contributed by atoms with van der Waals surface area (Å²) in [7, 11) is 0. The molecule has 164 valence electrons. The lowest BCUT2D eigenvalue weighted by Crippen LogP contribution is -2.34. The number of aromatic hydroxyl groups is 1. The predicted octanol–water partition coefficient (Wildman–Crippen LogP) is 3.86. The third kappa shape index (κ3) is 3.83. The summed E-state index contributed by atoms with van der Waals surface area (Å²) < 4.78 is 16.4. The molecule has 0 radical (unpaired) electrons. The van der Waals surface area contributed by atoms with Gasteiger partial charge < -0.3 is 24.3 Å². The number of ether oxygens (including phenoxy) is 2. The summed E-state index contributed by atoms with van der Waals surface area (Å²) in [6.45, 7) is 0.0900. The first-order chi connectivity index (χ1) is 16.0. The van der Waals surface area contributed by atoms with Crippen molar-refractivity contribution in [3.8, 4) is 28.6 Å². The smallest absolute Gasteiger partial charge is 0.326 e. The molecular weight excluding hydrogens is 428 g/mol. The summed E-state index contributed by atoms with van der Waals surface area (Å²) in [5.41, 5.74) is 0.540. The van der Waals surface area contributed by atoms with Crippen molar-refractivity contribution in [3.05, 3.63) is 82.5 Å². The SMILES string of the molecule is O=C(NC(=O)c1ccccc1)Nc1ccc2oc(-c3ccc4c(c3)OCO4)c(O)c(=O)c2c1. The van der Waals surface area contributed by atoms with E-state index in [-0.39, 0.29) is 29.2 Å². The molecule has 9 nitrogen and oxygen atoms in total. The number of carbonyl (C=O) groups is 2. The van der Waals surface area contributed by atoms with Gasteiger partial charge in [0.05, 0.1) is 5.39 Å². The van der Waals surface area contributed by atoms with Gasteiger partial charge in [0.25, 0.3) is 5.91 Å². The zero-order valence-electron chi connectivity index (χ0n) is 17.0. The monoisotopic (exact) mass is 444 g/mol. The molecule has 1 aliphatic heterocycles. The first-order valence-corrected chi connectivity index (χ1v) is 9.87. The summed E-state index contributed by atoms with van der Waals surface area (Å²) >= 11 is 0. The number of nitrogens with one attached hydrogen (secondary N) is 2. The van der Waals surface area contributed by atoms with E-state index in [2.05, 4.69) is 10.6 Å². The number of carbonyl (C=O) groups excluding carboxylic acids is 2. The Morgan fingerprint density at radius 3 is 2.52 bits per heavy atom. The van der Waals surface area contributed by atoms with Crippen molar-refractivity contribution in [3.63, 3.8) is 0 Å². The molecule has 3 N–H and O–H groups in total. The highest BCUT2D eigenvalue weighted by Gasteiger charge is 2.20. The lowest BCUT2D eigenvalue weighted by Gasteiger charge is -2.09. The van der Waals surface area contributed by atoms with Gasteiger partial charge in [-0.15, -0.1) is 0 Å². The van der Waals surface area contributed by atoms with Gasteiger partial charge in [-0.2, -0.15) is 0 Å². The molecule has 0 bridgehead atoms. The van der Waals surface area contributed by atoms with Crippen molar-refractivity contribution in [2.24, 2.45) is 0 Å². The highest BCUT2D eigenvalue weighted by molar-refractivity contribution is 6.08. The van der Waals surface area contributed by atoms with Crippen molar-refractivity contribution < 1.29 is 28.6 Å². The van der Waals surface area contributed by atoms with E-state index in [1.54, 1.807) is 48.5 Å². The molecule has 3 amide bonds. The fourth-order valence-corrected chi connectivity index (χ4v) is 3.42. The van der Waals surface area contributed by atoms with Crippen LogP contribution < -0.4 is 25.5 Å². The minimum atomic E-state index is -0.770. The van der Waals surface area contributed by atoms with Crippen LogP contribution in [0.15, 0.2) is 75.9 Å². The van der Waals surface area contributed by atoms with Gasteiger partial charge in [0.15, 0.2) is 17.3 Å². The first kappa shape index (κ1) is 20.1. The van der Waals surface area contributed by atoms with Gasteiger partial charge in [0.2, 0.25) is 18.0 Å². The first-order valence-electron chi connectivity index (χ1n) is 9.87. The van der Waals surface area contributed by atoms with Gasteiger partial charge in [0.1, 0.15) is 5.58 Å². The van der Waals surface area contributed by atoms with Crippen LogP contribution in [0.25, 0.3) is 22.3 Å². The molecule has 0 saturated heterocycles. The van der Waals surface area contributed by atoms with Gasteiger partial charge in [0, 0.05) is 16.8 Å². The van der Waals surface area contributed by atoms with Gasteiger partial charge in [-0.25, -0.2) is 4.79 Å². The van der Waals surface area contributed by atoms with Crippen molar-refractivity contribution >= 4 is 28.6 Å². The molecule has 9 heteroatoms. The zero-order valence-corrected chi connectivity index (χ0v) is 17.0. The quantitative estimate of drug-likeness (QED) is 0.438. The minimum Gasteiger partial charge on any atom is -0.502 e. The van der Waals surface area contributed by atoms with Gasteiger partial charge >= 0.3 is 6.03 Å². The molecule has 4 aromatic rings. The fourth-order valence-electron chi connectivity index (χ4n) is 3.42. The Morgan fingerprint density at radius 1 is 0.909 bits per heavy atom. The molecule has 1 aromatic heterocycles. The van der Waals surface area contributed by atoms with Crippen LogP contribution in [0.5, 0.6) is 17.2 Å². The average Bonchev–Trinajstić information content (AvgIpc) is 3.30. The van der Waals surface area contributed by atoms with E-state index >= 15 is 0 Å². The summed E-state index contributed by atoms with van der Waals surface area (Å²) in [6.07, 6.45) is 0. The molecule has 0 spiro atoms. The van der Waals surface area contributed by atoms with E-state index in [1.807, 2.05) is 0 Å². The fraction of sp³-hybridized carbons (Fsp3) is 0.0417. The molecule has 0 atom stereocenters. The van der Waals surface area contributed by atoms with E-state index < -0.39 is 23.1 Å². The van der Waals surface area contributed by atoms with Crippen LogP contribution in [0.4, 0.5) is 10.5 Å². The maximum absolute atomic E-state index is 12.8. The molecule has 33 heavy (non-hydrogen) atoms. The second-order valence-corrected chi connectivity index (χ2v) is 7.16. The van der Waals surface area contributed by atoms with E-state index in [0.29, 0.717) is 22.6 Å². The van der Waals surface area contributed by atoms with Crippen molar-refractivity contribution in [2.45, 2.75) is 0 Å². The maximum Gasteiger partial charge on any atom is 0.326 e. The number of rotatable bonds is 3. The third-order valence-electron chi connectivity index (χ3n) is 5.02. The van der Waals surface area contributed by atoms with E-state index in [0.717, 1.165) is 0 Å². The molecule has 2 heterocycles. The van der Waals surface area contributed by atoms with Crippen LogP contribution in [0.1, 0.15) is 10.4 Å². The standard InChI is InChI=1S/C24H16N2O7/c27-20-16-11-15(25-24(30)26-23(29)13-4-2-1-3-5-13)7-9-17(16)33-22(21(20)28)14-6-8-18-19(10-14)32-12-31-18/h1-11,28H,12H2,(H2,25,26,29,30). The number of imide groups is 1. The largest absolute Gasteiger partial charge is 0.502 e. The second-order valence-electron chi connectivity index (χ2n) is 7.16. The van der Waals surface area contributed by atoms with Crippen molar-refractivity contribution in [1.29, 1.82) is 0 Å². The second kappa shape index (κ2) is 8.04. The Hall–Kier alpha value is -4.79. The van der Waals surface area contributed by atoms with E-state index in [1.165, 1.54) is 18.2 Å². The number of hydrogen-bond acceptors (Lipinski definition) is 7. The number of hydrogen-bond donors (Lipinski definition) is 3. The maximum atomic E-state index is 12.8. The van der Waals surface area contributed by atoms with Crippen LogP contribution in [-0.2, 0) is 0 Å². The number of fused-ring (bicyclic) bond motifs is 2. The summed E-state index contributed by atoms with van der Waals surface area (Å²) in [5.74, 6) is -0.134. The van der Waals surface area contributed by atoms with E-state index in [9.17, 15) is 19.5 Å². The van der Waals surface area contributed by atoms with E-state index in [4.69, 9.17) is 13.9 Å². The van der Waals surface area contributed by atoms with Crippen molar-refractivity contribution in [1.82, 2.24) is 5.32 Å². The lowest BCUT2D eigenvalue weighted by molar-refractivity contribution is 0.0967. The molecule has 0 unspecified atom stereocenters. The number of urea groups is 1. The Balaban J connectivity index is 1.41. The summed E-state index contributed by atoms with van der Waals surface area (Å²) in [5, 5.41) is 15.3. The number of benzene rings is 3. The molecule has 3 aromatic carbocycles. The molecule has 0 aliphatic carbocycles. The van der Waals surface area contributed by atoms with Crippen LogP contribution in [0.3, 0.4) is 0 Å². The number of anilines is 1. The third-order valence-corrected chi connectivity index (χ3v) is 5.02. The average molecular weight is 444 g/mol. The highest BCUT2D eigenvalue weighted by atomic mass is 16.7. The predicted molar refractivity (Wildman–Crippen MR) is 119 cm³/mol. The van der Waals surface area contributed by atoms with Gasteiger partial charge in [-0.1, -0.05) is 18.2 Å². The normalized spacial score (nSPS) is 11.9. The van der Waals surface area contributed by atoms with Gasteiger partial charge in [-0.3, -0.25) is 14.9 Å². The van der Waals surface area contributed by atoms with Crippen LogP contribution in [0, 0.1) is 0 Å². The molecule has 0 saturated carbocycles. The molecule has 1 aliphatic rings. The minimum absolute atomic E-state index is 0.0160. The summed E-state index contributed by atoms with van der Waals surface area (Å²) in [6, 6.07) is 16.8. The Kier molecular flexibility index (Phi) is 4.91. The molecule has 5 rings (SSSR count). The van der Waals surface area contributed by atoms with Crippen LogP contribution in [-0.4, -0.2) is 23.8 Å². The Morgan fingerprint density at radius 2 is 1.70 bits per heavy atom. The molecular formula is C24H16N2O7. The highest BCUT2D eigenvalue weighted by Crippen LogP contribution is 2.38. The van der Waals surface area contributed by atoms with Gasteiger partial charge in [-0.05, 0) is 48.5 Å². The topological polar surface area (TPSA) is 127 Å². The Labute approximate surface area is 186 Å². The van der Waals surface area contributed by atoms with Crippen LogP contribution >= 0.6 is 0 Å². The zero-order chi connectivity index (χ0) is 22.9.